The van der Waals surface area contributed by atoms with Gasteiger partial charge >= 0.3 is 0 Å². The van der Waals surface area contributed by atoms with Gasteiger partial charge in [0, 0.05) is 21.5 Å². The first-order valence-electron chi connectivity index (χ1n) is 7.18. The molecule has 0 unspecified atom stereocenters. The molecular weight excluding hydrogens is 345 g/mol. The van der Waals surface area contributed by atoms with Gasteiger partial charge in [0.05, 0.1) is 11.2 Å². The number of halogens is 2. The van der Waals surface area contributed by atoms with Gasteiger partial charge in [-0.05, 0) is 18.2 Å². The fourth-order valence-corrected chi connectivity index (χ4v) is 2.95. The molecule has 2 aromatic heterocycles. The first-order chi connectivity index (χ1) is 11.7. The summed E-state index contributed by atoms with van der Waals surface area (Å²) in [5.74, 6) is 0.595. The first-order valence-corrected chi connectivity index (χ1v) is 7.93. The van der Waals surface area contributed by atoms with E-state index in [2.05, 4.69) is 25.5 Å². The number of anilines is 1. The maximum Gasteiger partial charge on any atom is 0.174 e. The summed E-state index contributed by atoms with van der Waals surface area (Å²) in [6.45, 7) is 0. The Labute approximate surface area is 147 Å². The normalized spacial score (nSPS) is 11.6. The highest BCUT2D eigenvalue weighted by atomic mass is 35.5. The minimum atomic E-state index is 0.534. The van der Waals surface area contributed by atoms with E-state index in [4.69, 9.17) is 23.2 Å². The number of benzene rings is 2. The number of nitrogens with zero attached hydrogens (tertiary/aromatic N) is 3. The van der Waals surface area contributed by atoms with Crippen molar-refractivity contribution in [2.45, 2.75) is 0 Å². The third-order valence-electron chi connectivity index (χ3n) is 3.63. The average Bonchev–Trinajstić information content (AvgIpc) is 2.96. The van der Waals surface area contributed by atoms with Gasteiger partial charge in [-0.15, -0.1) is 0 Å². The highest BCUT2D eigenvalue weighted by Gasteiger charge is 2.09. The SMILES string of the molecule is Clc1ccc(C=NNc2ncnc3c2[nH]c2ccccc23)c(Cl)c1. The Morgan fingerprint density at radius 3 is 2.83 bits per heavy atom. The summed E-state index contributed by atoms with van der Waals surface area (Å²) in [7, 11) is 0. The molecule has 0 saturated carbocycles. The second kappa shape index (κ2) is 6.11. The molecular formula is C17H11Cl2N5. The van der Waals surface area contributed by atoms with Crippen LogP contribution in [0.2, 0.25) is 10.0 Å². The van der Waals surface area contributed by atoms with Crippen molar-refractivity contribution in [3.63, 3.8) is 0 Å². The topological polar surface area (TPSA) is 66.0 Å². The Morgan fingerprint density at radius 2 is 1.96 bits per heavy atom. The Morgan fingerprint density at radius 1 is 1.08 bits per heavy atom. The predicted molar refractivity (Wildman–Crippen MR) is 99.1 cm³/mol. The molecule has 2 aromatic carbocycles. The van der Waals surface area contributed by atoms with E-state index in [1.54, 1.807) is 24.4 Å². The fourth-order valence-electron chi connectivity index (χ4n) is 2.50. The molecule has 7 heteroatoms. The van der Waals surface area contributed by atoms with Crippen molar-refractivity contribution in [1.29, 1.82) is 0 Å². The molecule has 0 bridgehead atoms. The zero-order valence-corrected chi connectivity index (χ0v) is 13.8. The van der Waals surface area contributed by atoms with Crippen molar-refractivity contribution in [2.24, 2.45) is 5.10 Å². The zero-order valence-electron chi connectivity index (χ0n) is 12.3. The van der Waals surface area contributed by atoms with Crippen LogP contribution in [-0.2, 0) is 0 Å². The number of H-pyrrole nitrogens is 1. The highest BCUT2D eigenvalue weighted by Crippen LogP contribution is 2.27. The molecule has 24 heavy (non-hydrogen) atoms. The van der Waals surface area contributed by atoms with Crippen molar-refractivity contribution in [3.8, 4) is 0 Å². The van der Waals surface area contributed by atoms with Gasteiger partial charge in [0.15, 0.2) is 5.82 Å². The molecule has 0 atom stereocenters. The van der Waals surface area contributed by atoms with E-state index >= 15 is 0 Å². The zero-order chi connectivity index (χ0) is 16.5. The third kappa shape index (κ3) is 2.68. The number of aromatic nitrogens is 3. The summed E-state index contributed by atoms with van der Waals surface area (Å²) in [4.78, 5) is 11.9. The molecule has 0 amide bonds. The lowest BCUT2D eigenvalue weighted by molar-refractivity contribution is 1.18. The number of hydrogen-bond acceptors (Lipinski definition) is 4. The van der Waals surface area contributed by atoms with E-state index in [1.165, 1.54) is 6.33 Å². The Balaban J connectivity index is 1.68. The summed E-state index contributed by atoms with van der Waals surface area (Å²) >= 11 is 12.0. The molecule has 118 valence electrons. The third-order valence-corrected chi connectivity index (χ3v) is 4.19. The van der Waals surface area contributed by atoms with Crippen LogP contribution in [0, 0.1) is 0 Å². The minimum Gasteiger partial charge on any atom is -0.350 e. The van der Waals surface area contributed by atoms with Crippen molar-refractivity contribution >= 4 is 57.2 Å². The van der Waals surface area contributed by atoms with Gasteiger partial charge in [-0.1, -0.05) is 47.5 Å². The van der Waals surface area contributed by atoms with Crippen LogP contribution in [0.3, 0.4) is 0 Å². The number of aromatic amines is 1. The molecule has 0 aliphatic carbocycles. The van der Waals surface area contributed by atoms with Gasteiger partial charge < -0.3 is 4.98 Å². The molecule has 4 rings (SSSR count). The maximum atomic E-state index is 6.12. The van der Waals surface area contributed by atoms with Crippen LogP contribution < -0.4 is 5.43 Å². The number of rotatable bonds is 3. The van der Waals surface area contributed by atoms with Crippen LogP contribution in [0.4, 0.5) is 5.82 Å². The number of hydrogen-bond donors (Lipinski definition) is 2. The van der Waals surface area contributed by atoms with E-state index in [0.717, 1.165) is 27.5 Å². The van der Waals surface area contributed by atoms with Gasteiger partial charge in [-0.25, -0.2) is 9.97 Å². The monoisotopic (exact) mass is 355 g/mol. The summed E-state index contributed by atoms with van der Waals surface area (Å²) in [6, 6.07) is 13.2. The summed E-state index contributed by atoms with van der Waals surface area (Å²) < 4.78 is 0. The smallest absolute Gasteiger partial charge is 0.174 e. The van der Waals surface area contributed by atoms with Crippen LogP contribution in [0.1, 0.15) is 5.56 Å². The highest BCUT2D eigenvalue weighted by molar-refractivity contribution is 6.36. The van der Waals surface area contributed by atoms with E-state index in [-0.39, 0.29) is 0 Å². The van der Waals surface area contributed by atoms with Gasteiger partial charge in [-0.2, -0.15) is 5.10 Å². The van der Waals surface area contributed by atoms with Crippen molar-refractivity contribution < 1.29 is 0 Å². The largest absolute Gasteiger partial charge is 0.350 e. The van der Waals surface area contributed by atoms with E-state index in [1.807, 2.05) is 24.3 Å². The van der Waals surface area contributed by atoms with E-state index < -0.39 is 0 Å². The average molecular weight is 356 g/mol. The lowest BCUT2D eigenvalue weighted by Crippen LogP contribution is -1.95. The number of nitrogens with one attached hydrogen (secondary N) is 2. The molecule has 0 aliphatic rings. The first kappa shape index (κ1) is 14.9. The van der Waals surface area contributed by atoms with E-state index in [0.29, 0.717) is 15.9 Å². The van der Waals surface area contributed by atoms with Gasteiger partial charge in [0.2, 0.25) is 0 Å². The second-order valence-corrected chi connectivity index (χ2v) is 6.00. The van der Waals surface area contributed by atoms with Gasteiger partial charge in [0.25, 0.3) is 0 Å². The minimum absolute atomic E-state index is 0.534. The van der Waals surface area contributed by atoms with Crippen molar-refractivity contribution in [3.05, 3.63) is 64.4 Å². The number of fused-ring (bicyclic) bond motifs is 3. The summed E-state index contributed by atoms with van der Waals surface area (Å²) in [5.41, 5.74) is 6.35. The summed E-state index contributed by atoms with van der Waals surface area (Å²) in [6.07, 6.45) is 3.13. The van der Waals surface area contributed by atoms with Gasteiger partial charge in [0.1, 0.15) is 17.4 Å². The predicted octanol–water partition coefficient (Wildman–Crippen LogP) is 4.86. The lowest BCUT2D eigenvalue weighted by Gasteiger charge is -2.01. The molecule has 0 aliphatic heterocycles. The molecule has 0 fully saturated rings. The molecule has 0 radical (unpaired) electrons. The Kier molecular flexibility index (Phi) is 3.80. The van der Waals surface area contributed by atoms with Crippen LogP contribution >= 0.6 is 23.2 Å². The summed E-state index contributed by atoms with van der Waals surface area (Å²) in [5, 5.41) is 6.37. The number of para-hydroxylation sites is 1. The quantitative estimate of drug-likeness (QED) is 0.407. The molecule has 2 N–H and O–H groups in total. The Hall–Kier alpha value is -2.63. The van der Waals surface area contributed by atoms with Crippen LogP contribution in [0.5, 0.6) is 0 Å². The Bertz CT molecular complexity index is 1070. The lowest BCUT2D eigenvalue weighted by atomic mass is 10.2. The maximum absolute atomic E-state index is 6.12. The van der Waals surface area contributed by atoms with Gasteiger partial charge in [-0.3, -0.25) is 5.43 Å². The van der Waals surface area contributed by atoms with Crippen LogP contribution in [0.15, 0.2) is 53.9 Å². The molecule has 2 heterocycles. The van der Waals surface area contributed by atoms with Crippen molar-refractivity contribution in [2.75, 3.05) is 5.43 Å². The fraction of sp³-hybridized carbons (Fsp3) is 0. The second-order valence-electron chi connectivity index (χ2n) is 5.15. The number of hydrazone groups is 1. The van der Waals surface area contributed by atoms with Crippen molar-refractivity contribution in [1.82, 2.24) is 15.0 Å². The van der Waals surface area contributed by atoms with E-state index in [9.17, 15) is 0 Å². The van der Waals surface area contributed by atoms with Crippen LogP contribution in [0.25, 0.3) is 21.9 Å². The molecule has 0 spiro atoms. The van der Waals surface area contributed by atoms with Crippen LogP contribution in [-0.4, -0.2) is 21.2 Å². The molecule has 5 nitrogen and oxygen atoms in total. The standard InChI is InChI=1S/C17H11Cl2N5/c18-11-6-5-10(13(19)7-11)8-22-24-17-16-15(20-9-21-17)12-3-1-2-4-14(12)23-16/h1-9,23H,(H,20,21,24). The molecule has 4 aromatic rings. The molecule has 0 saturated heterocycles.